The zero-order valence-electron chi connectivity index (χ0n) is 13.8. The summed E-state index contributed by atoms with van der Waals surface area (Å²) in [6.07, 6.45) is 4.61. The molecule has 0 aliphatic carbocycles. The largest absolute Gasteiger partial charge is 0.550 e. The van der Waals surface area contributed by atoms with Crippen molar-refractivity contribution in [1.82, 2.24) is 0 Å². The zero-order chi connectivity index (χ0) is 16.7. The highest BCUT2D eigenvalue weighted by Gasteiger charge is 2.24. The van der Waals surface area contributed by atoms with E-state index in [2.05, 4.69) is 24.4 Å². The molecule has 0 spiro atoms. The number of aryl methyl sites for hydroxylation is 1. The number of rotatable bonds is 7. The molecule has 0 saturated carbocycles. The summed E-state index contributed by atoms with van der Waals surface area (Å²) in [5.74, 6) is -1.33. The number of aliphatic carboxylic acids is 1. The fourth-order valence-corrected chi connectivity index (χ4v) is 3.01. The number of amides is 1. The van der Waals surface area contributed by atoms with Crippen LogP contribution >= 0.6 is 0 Å². The summed E-state index contributed by atoms with van der Waals surface area (Å²) >= 11 is 0. The van der Waals surface area contributed by atoms with Crippen LogP contribution in [0.4, 0.5) is 5.69 Å². The Balaban J connectivity index is 1.75. The number of carbonyl (C=O) groups excluding carboxylic acids is 2. The average molecular weight is 318 g/mol. The molecule has 0 bridgehead atoms. The fraction of sp³-hybridized carbons (Fsp3) is 0.556. The second-order valence-corrected chi connectivity index (χ2v) is 6.37. The highest BCUT2D eigenvalue weighted by Crippen LogP contribution is 2.12. The molecule has 0 unspecified atom stereocenters. The van der Waals surface area contributed by atoms with Gasteiger partial charge in [-0.2, -0.15) is 0 Å². The van der Waals surface area contributed by atoms with Gasteiger partial charge >= 0.3 is 0 Å². The van der Waals surface area contributed by atoms with Crippen molar-refractivity contribution < 1.29 is 19.6 Å². The lowest BCUT2D eigenvalue weighted by molar-refractivity contribution is -0.897. The highest BCUT2D eigenvalue weighted by molar-refractivity contribution is 5.91. The highest BCUT2D eigenvalue weighted by atomic mass is 16.4. The van der Waals surface area contributed by atoms with Crippen LogP contribution in [0, 0.1) is 5.92 Å². The van der Waals surface area contributed by atoms with E-state index in [9.17, 15) is 14.7 Å². The van der Waals surface area contributed by atoms with Crippen LogP contribution in [-0.4, -0.2) is 31.5 Å². The van der Waals surface area contributed by atoms with Crippen LogP contribution < -0.4 is 15.3 Å². The molecule has 1 heterocycles. The number of carbonyl (C=O) groups is 2. The number of piperidine rings is 1. The number of quaternary nitrogens is 1. The zero-order valence-corrected chi connectivity index (χ0v) is 13.8. The quantitative estimate of drug-likeness (QED) is 0.744. The Kier molecular flexibility index (Phi) is 6.59. The number of benzene rings is 1. The Morgan fingerprint density at radius 2 is 1.87 bits per heavy atom. The SMILES string of the molecule is CCCCc1ccc(NC(=O)C[NH+]2CCC(C(=O)[O-])CC2)cc1. The van der Waals surface area contributed by atoms with Gasteiger partial charge in [-0.1, -0.05) is 25.5 Å². The number of anilines is 1. The molecule has 5 nitrogen and oxygen atoms in total. The monoisotopic (exact) mass is 318 g/mol. The van der Waals surface area contributed by atoms with E-state index < -0.39 is 5.97 Å². The van der Waals surface area contributed by atoms with E-state index in [1.807, 2.05) is 12.1 Å². The first-order chi connectivity index (χ1) is 11.1. The van der Waals surface area contributed by atoms with Gasteiger partial charge in [0.15, 0.2) is 6.54 Å². The third-order valence-corrected chi connectivity index (χ3v) is 4.49. The maximum absolute atomic E-state index is 12.1. The van der Waals surface area contributed by atoms with Crippen LogP contribution in [0.5, 0.6) is 0 Å². The van der Waals surface area contributed by atoms with Crippen molar-refractivity contribution in [3.05, 3.63) is 29.8 Å². The van der Waals surface area contributed by atoms with Crippen LogP contribution in [-0.2, 0) is 16.0 Å². The smallest absolute Gasteiger partial charge is 0.279 e. The standard InChI is InChI=1S/C18H26N2O3/c1-2-3-4-14-5-7-16(8-6-14)19-17(21)13-20-11-9-15(10-12-20)18(22)23/h5-8,15H,2-4,9-13H2,1H3,(H,19,21)(H,22,23). The van der Waals surface area contributed by atoms with Crippen molar-refractivity contribution in [2.45, 2.75) is 39.0 Å². The maximum Gasteiger partial charge on any atom is 0.279 e. The van der Waals surface area contributed by atoms with Gasteiger partial charge in [-0.05, 0) is 30.5 Å². The Morgan fingerprint density at radius 1 is 1.22 bits per heavy atom. The van der Waals surface area contributed by atoms with Crippen LogP contribution in [0.3, 0.4) is 0 Å². The summed E-state index contributed by atoms with van der Waals surface area (Å²) in [4.78, 5) is 24.0. The fourth-order valence-electron chi connectivity index (χ4n) is 3.01. The lowest BCUT2D eigenvalue weighted by atomic mass is 9.97. The lowest BCUT2D eigenvalue weighted by Crippen LogP contribution is -3.14. The molecule has 0 atom stereocenters. The number of unbranched alkanes of at least 4 members (excludes halogenated alkanes) is 1. The van der Waals surface area contributed by atoms with E-state index in [-0.39, 0.29) is 11.8 Å². The molecule has 2 rings (SSSR count). The van der Waals surface area contributed by atoms with Crippen LogP contribution in [0.15, 0.2) is 24.3 Å². The minimum absolute atomic E-state index is 0.0202. The van der Waals surface area contributed by atoms with Gasteiger partial charge in [-0.25, -0.2) is 0 Å². The molecule has 1 fully saturated rings. The van der Waals surface area contributed by atoms with Crippen molar-refractivity contribution >= 4 is 17.6 Å². The van der Waals surface area contributed by atoms with Gasteiger partial charge in [0.05, 0.1) is 13.1 Å². The second kappa shape index (κ2) is 8.67. The van der Waals surface area contributed by atoms with Crippen LogP contribution in [0.25, 0.3) is 0 Å². The van der Waals surface area contributed by atoms with Gasteiger partial charge < -0.3 is 20.1 Å². The van der Waals surface area contributed by atoms with Gasteiger partial charge in [0, 0.05) is 30.4 Å². The first kappa shape index (κ1) is 17.5. The molecule has 126 valence electrons. The lowest BCUT2D eigenvalue weighted by Gasteiger charge is -2.29. The van der Waals surface area contributed by atoms with E-state index in [0.29, 0.717) is 32.5 Å². The van der Waals surface area contributed by atoms with Crippen molar-refractivity contribution in [3.8, 4) is 0 Å². The Labute approximate surface area is 137 Å². The predicted octanol–water partition coefficient (Wildman–Crippen LogP) is 0.0125. The molecule has 23 heavy (non-hydrogen) atoms. The van der Waals surface area contributed by atoms with Crippen LogP contribution in [0.1, 0.15) is 38.2 Å². The summed E-state index contributed by atoms with van der Waals surface area (Å²) in [6, 6.07) is 8.01. The predicted molar refractivity (Wildman–Crippen MR) is 87.0 cm³/mol. The van der Waals surface area contributed by atoms with Crippen LogP contribution in [0.2, 0.25) is 0 Å². The second-order valence-electron chi connectivity index (χ2n) is 6.37. The molecule has 1 aliphatic heterocycles. The molecule has 0 radical (unpaired) electrons. The Bertz CT molecular complexity index is 520. The summed E-state index contributed by atoms with van der Waals surface area (Å²) in [6.45, 7) is 3.98. The maximum atomic E-state index is 12.1. The number of hydrogen-bond acceptors (Lipinski definition) is 3. The number of carboxylic acids is 1. The third-order valence-electron chi connectivity index (χ3n) is 4.49. The summed E-state index contributed by atoms with van der Waals surface area (Å²) < 4.78 is 0. The van der Waals surface area contributed by atoms with Gasteiger partial charge in [0.2, 0.25) is 0 Å². The topological polar surface area (TPSA) is 73.7 Å². The molecule has 1 amide bonds. The average Bonchev–Trinajstić information content (AvgIpc) is 2.54. The third kappa shape index (κ3) is 5.67. The van der Waals surface area contributed by atoms with E-state index >= 15 is 0 Å². The van der Waals surface area contributed by atoms with Gasteiger partial charge in [-0.15, -0.1) is 0 Å². The normalized spacial score (nSPS) is 20.9. The van der Waals surface area contributed by atoms with Gasteiger partial charge in [-0.3, -0.25) is 4.79 Å². The Morgan fingerprint density at radius 3 is 2.43 bits per heavy atom. The van der Waals surface area contributed by atoms with Gasteiger partial charge in [0.25, 0.3) is 5.91 Å². The number of hydrogen-bond donors (Lipinski definition) is 2. The first-order valence-corrected chi connectivity index (χ1v) is 8.51. The van der Waals surface area contributed by atoms with E-state index in [1.165, 1.54) is 18.4 Å². The minimum Gasteiger partial charge on any atom is -0.550 e. The number of likely N-dealkylation sites (tertiary alicyclic amines) is 1. The van der Waals surface area contributed by atoms with Crippen molar-refractivity contribution in [2.75, 3.05) is 25.0 Å². The van der Waals surface area contributed by atoms with E-state index in [1.54, 1.807) is 0 Å². The van der Waals surface area contributed by atoms with E-state index in [0.717, 1.165) is 17.0 Å². The molecule has 1 saturated heterocycles. The molecular weight excluding hydrogens is 292 g/mol. The van der Waals surface area contributed by atoms with Crippen molar-refractivity contribution in [2.24, 2.45) is 5.92 Å². The summed E-state index contributed by atoms with van der Waals surface area (Å²) in [7, 11) is 0. The molecular formula is C18H26N2O3. The van der Waals surface area contributed by atoms with Crippen molar-refractivity contribution in [1.29, 1.82) is 0 Å². The summed E-state index contributed by atoms with van der Waals surface area (Å²) in [5, 5.41) is 13.7. The van der Waals surface area contributed by atoms with Crippen molar-refractivity contribution in [3.63, 3.8) is 0 Å². The molecule has 2 N–H and O–H groups in total. The number of nitrogens with one attached hydrogen (secondary N) is 2. The molecule has 1 aromatic carbocycles. The molecule has 5 heteroatoms. The first-order valence-electron chi connectivity index (χ1n) is 8.51. The Hall–Kier alpha value is -1.88. The summed E-state index contributed by atoms with van der Waals surface area (Å²) in [5.41, 5.74) is 2.11. The molecule has 0 aromatic heterocycles. The van der Waals surface area contributed by atoms with Gasteiger partial charge in [0.1, 0.15) is 0 Å². The van der Waals surface area contributed by atoms with E-state index in [4.69, 9.17) is 0 Å². The molecule has 1 aliphatic rings. The number of carboxylic acid groups (broad SMARTS) is 1. The molecule has 1 aromatic rings. The minimum atomic E-state index is -0.961.